The maximum atomic E-state index is 13.1. The van der Waals surface area contributed by atoms with Gasteiger partial charge in [0.15, 0.2) is 0 Å². The SMILES string of the molecule is O=C(O)c1ccc(N2C3CCC2CC(OCc2c(-c4ccccc4OC(F)(F)F)c[nH]c2C2CC2)C3)nc1. The number of aromatic nitrogens is 2. The monoisotopic (exact) mass is 527 g/mol. The largest absolute Gasteiger partial charge is 0.573 e. The van der Waals surface area contributed by atoms with Gasteiger partial charge in [0, 0.05) is 46.9 Å². The van der Waals surface area contributed by atoms with Crippen molar-refractivity contribution in [3.8, 4) is 16.9 Å². The quantitative estimate of drug-likeness (QED) is 0.359. The summed E-state index contributed by atoms with van der Waals surface area (Å²) in [6.45, 7) is 0.306. The normalized spacial score (nSPS) is 23.0. The number of nitrogens with zero attached hydrogens (tertiary/aromatic N) is 2. The number of para-hydroxylation sites is 1. The fraction of sp³-hybridized carbons (Fsp3) is 0.429. The first-order valence-corrected chi connectivity index (χ1v) is 12.9. The van der Waals surface area contributed by atoms with Crippen LogP contribution in [0.4, 0.5) is 19.0 Å². The van der Waals surface area contributed by atoms with Gasteiger partial charge in [0.05, 0.1) is 18.3 Å². The van der Waals surface area contributed by atoms with Gasteiger partial charge in [-0.15, -0.1) is 13.2 Å². The first-order chi connectivity index (χ1) is 18.3. The number of nitrogens with one attached hydrogen (secondary N) is 1. The van der Waals surface area contributed by atoms with Crippen molar-refractivity contribution in [2.75, 3.05) is 4.90 Å². The zero-order valence-corrected chi connectivity index (χ0v) is 20.6. The molecule has 2 atom stereocenters. The number of halogens is 3. The van der Waals surface area contributed by atoms with Crippen molar-refractivity contribution in [1.29, 1.82) is 0 Å². The third-order valence-corrected chi connectivity index (χ3v) is 7.82. The molecule has 0 amide bonds. The van der Waals surface area contributed by atoms with Gasteiger partial charge in [0.2, 0.25) is 0 Å². The van der Waals surface area contributed by atoms with E-state index in [1.54, 1.807) is 30.5 Å². The van der Waals surface area contributed by atoms with Gasteiger partial charge in [-0.05, 0) is 62.6 Å². The number of fused-ring (bicyclic) bond motifs is 2. The second-order valence-corrected chi connectivity index (χ2v) is 10.3. The Balaban J connectivity index is 1.19. The highest BCUT2D eigenvalue weighted by molar-refractivity contribution is 5.87. The summed E-state index contributed by atoms with van der Waals surface area (Å²) in [4.78, 5) is 21.2. The van der Waals surface area contributed by atoms with Crippen molar-refractivity contribution in [2.45, 2.75) is 75.6 Å². The number of ether oxygens (including phenoxy) is 2. The van der Waals surface area contributed by atoms with Crippen LogP contribution in [0.1, 0.15) is 66.1 Å². The molecule has 2 bridgehead atoms. The number of rotatable bonds is 8. The molecule has 2 N–H and O–H groups in total. The Morgan fingerprint density at radius 2 is 1.79 bits per heavy atom. The zero-order valence-electron chi connectivity index (χ0n) is 20.6. The molecular formula is C28H28F3N3O4. The van der Waals surface area contributed by atoms with Crippen LogP contribution in [0, 0.1) is 0 Å². The van der Waals surface area contributed by atoms with Gasteiger partial charge < -0.3 is 24.5 Å². The van der Waals surface area contributed by atoms with Crippen LogP contribution in [0.5, 0.6) is 5.75 Å². The minimum Gasteiger partial charge on any atom is -0.478 e. The van der Waals surface area contributed by atoms with Crippen molar-refractivity contribution >= 4 is 11.8 Å². The summed E-state index contributed by atoms with van der Waals surface area (Å²) in [5.74, 6) is -0.0705. The second kappa shape index (κ2) is 9.65. The fourth-order valence-corrected chi connectivity index (χ4v) is 6.01. The van der Waals surface area contributed by atoms with E-state index < -0.39 is 12.3 Å². The fourth-order valence-electron chi connectivity index (χ4n) is 6.01. The molecule has 38 heavy (non-hydrogen) atoms. The Morgan fingerprint density at radius 3 is 2.42 bits per heavy atom. The summed E-state index contributed by atoms with van der Waals surface area (Å²) in [5, 5.41) is 9.16. The number of aromatic carboxylic acids is 1. The van der Waals surface area contributed by atoms with E-state index in [9.17, 15) is 18.0 Å². The predicted octanol–water partition coefficient (Wildman–Crippen LogP) is 6.27. The maximum absolute atomic E-state index is 13.1. The maximum Gasteiger partial charge on any atom is 0.573 e. The Labute approximate surface area is 217 Å². The van der Waals surface area contributed by atoms with E-state index in [0.29, 0.717) is 23.7 Å². The number of pyridine rings is 1. The van der Waals surface area contributed by atoms with Gasteiger partial charge in [-0.3, -0.25) is 0 Å². The molecule has 7 nitrogen and oxygen atoms in total. The van der Waals surface area contributed by atoms with Crippen LogP contribution in [0.15, 0.2) is 48.8 Å². The number of H-pyrrole nitrogens is 1. The Bertz CT molecular complexity index is 1310. The molecule has 1 aliphatic carbocycles. The van der Waals surface area contributed by atoms with E-state index >= 15 is 0 Å². The van der Waals surface area contributed by atoms with Crippen LogP contribution in [-0.4, -0.2) is 45.6 Å². The van der Waals surface area contributed by atoms with E-state index in [1.165, 1.54) is 18.3 Å². The van der Waals surface area contributed by atoms with Crippen LogP contribution in [0.25, 0.3) is 11.1 Å². The molecule has 0 spiro atoms. The molecule has 3 aliphatic rings. The number of hydrogen-bond acceptors (Lipinski definition) is 5. The lowest BCUT2D eigenvalue weighted by Gasteiger charge is -2.39. The molecule has 2 aromatic heterocycles. The molecule has 2 saturated heterocycles. The van der Waals surface area contributed by atoms with Crippen molar-refractivity contribution in [3.63, 3.8) is 0 Å². The summed E-state index contributed by atoms with van der Waals surface area (Å²) in [6.07, 6.45) is 4.13. The van der Waals surface area contributed by atoms with Crippen molar-refractivity contribution in [2.24, 2.45) is 0 Å². The number of alkyl halides is 3. The molecule has 1 aromatic carbocycles. The van der Waals surface area contributed by atoms with Crippen LogP contribution < -0.4 is 9.64 Å². The van der Waals surface area contributed by atoms with Crippen LogP contribution >= 0.6 is 0 Å². The highest BCUT2D eigenvalue weighted by atomic mass is 19.4. The van der Waals surface area contributed by atoms with Crippen LogP contribution in [0.2, 0.25) is 0 Å². The summed E-state index contributed by atoms with van der Waals surface area (Å²) in [6, 6.07) is 10.1. The van der Waals surface area contributed by atoms with Gasteiger partial charge in [0.25, 0.3) is 0 Å². The van der Waals surface area contributed by atoms with E-state index in [0.717, 1.165) is 55.6 Å². The predicted molar refractivity (Wildman–Crippen MR) is 133 cm³/mol. The number of hydrogen-bond donors (Lipinski definition) is 2. The highest BCUT2D eigenvalue weighted by Crippen LogP contribution is 2.46. The molecule has 200 valence electrons. The minimum absolute atomic E-state index is 0.0125. The number of benzene rings is 1. The third kappa shape index (κ3) is 4.97. The van der Waals surface area contributed by atoms with Crippen molar-refractivity contribution < 1.29 is 32.5 Å². The van der Waals surface area contributed by atoms with Gasteiger partial charge in [-0.1, -0.05) is 18.2 Å². The van der Waals surface area contributed by atoms with E-state index in [4.69, 9.17) is 9.84 Å². The molecule has 3 fully saturated rings. The second-order valence-electron chi connectivity index (χ2n) is 10.3. The number of anilines is 1. The van der Waals surface area contributed by atoms with Crippen molar-refractivity contribution in [3.05, 3.63) is 65.6 Å². The smallest absolute Gasteiger partial charge is 0.478 e. The molecule has 0 radical (unpaired) electrons. The molecule has 1 saturated carbocycles. The first-order valence-electron chi connectivity index (χ1n) is 12.9. The molecular weight excluding hydrogens is 499 g/mol. The highest BCUT2D eigenvalue weighted by Gasteiger charge is 2.42. The Morgan fingerprint density at radius 1 is 1.05 bits per heavy atom. The molecule has 3 aromatic rings. The van der Waals surface area contributed by atoms with Crippen LogP contribution in [0.3, 0.4) is 0 Å². The lowest BCUT2D eigenvalue weighted by Crippen LogP contribution is -2.46. The molecule has 2 unspecified atom stereocenters. The van der Waals surface area contributed by atoms with Crippen molar-refractivity contribution in [1.82, 2.24) is 9.97 Å². The number of carboxylic acid groups (broad SMARTS) is 1. The minimum atomic E-state index is -4.78. The average molecular weight is 528 g/mol. The molecule has 4 heterocycles. The average Bonchev–Trinajstić information content (AvgIpc) is 3.58. The standard InChI is InChI=1S/C28H28F3N3O4/c29-28(30,31)38-24-4-2-1-3-21(24)22-14-33-26(16-5-6-16)23(22)15-37-20-11-18-8-9-19(12-20)34(18)25-10-7-17(13-32-25)27(35)36/h1-4,7,10,13-14,16,18-20,33H,5-6,8-9,11-12,15H2,(H,35,36). The van der Waals surface area contributed by atoms with E-state index in [-0.39, 0.29) is 29.5 Å². The molecule has 6 rings (SSSR count). The molecule has 10 heteroatoms. The van der Waals surface area contributed by atoms with E-state index in [1.807, 2.05) is 0 Å². The summed E-state index contributed by atoms with van der Waals surface area (Å²) in [5.41, 5.74) is 3.15. The number of aromatic amines is 1. The Hall–Kier alpha value is -3.53. The Kier molecular flexibility index (Phi) is 6.29. The zero-order chi connectivity index (χ0) is 26.4. The van der Waals surface area contributed by atoms with Gasteiger partial charge in [0.1, 0.15) is 11.6 Å². The lowest BCUT2D eigenvalue weighted by molar-refractivity contribution is -0.274. The van der Waals surface area contributed by atoms with E-state index in [2.05, 4.69) is 19.6 Å². The first kappa shape index (κ1) is 24.8. The summed E-state index contributed by atoms with van der Waals surface area (Å²) < 4.78 is 50.0. The number of piperidine rings is 1. The lowest BCUT2D eigenvalue weighted by atomic mass is 9.98. The van der Waals surface area contributed by atoms with Gasteiger partial charge >= 0.3 is 12.3 Å². The topological polar surface area (TPSA) is 87.7 Å². The third-order valence-electron chi connectivity index (χ3n) is 7.82. The van der Waals surface area contributed by atoms with Crippen LogP contribution in [-0.2, 0) is 11.3 Å². The number of carboxylic acids is 1. The summed E-state index contributed by atoms with van der Waals surface area (Å²) in [7, 11) is 0. The van der Waals surface area contributed by atoms with Gasteiger partial charge in [-0.2, -0.15) is 0 Å². The number of carbonyl (C=O) groups is 1. The van der Waals surface area contributed by atoms with Gasteiger partial charge in [-0.25, -0.2) is 9.78 Å². The molecule has 2 aliphatic heterocycles. The summed E-state index contributed by atoms with van der Waals surface area (Å²) >= 11 is 0.